The van der Waals surface area contributed by atoms with Gasteiger partial charge in [0.05, 0.1) is 0 Å². The first kappa shape index (κ1) is 12.8. The van der Waals surface area contributed by atoms with E-state index in [-0.39, 0.29) is 12.1 Å². The smallest absolute Gasteiger partial charge is 0.306 e. The van der Waals surface area contributed by atoms with E-state index < -0.39 is 0 Å². The lowest BCUT2D eigenvalue weighted by Crippen LogP contribution is -2.37. The van der Waals surface area contributed by atoms with Crippen LogP contribution in [0.3, 0.4) is 0 Å². The van der Waals surface area contributed by atoms with Gasteiger partial charge in [0.2, 0.25) is 0 Å². The molecule has 1 atom stereocenters. The van der Waals surface area contributed by atoms with Crippen LogP contribution in [-0.4, -0.2) is 37.1 Å². The highest BCUT2D eigenvalue weighted by molar-refractivity contribution is 5.75. The molecule has 1 heterocycles. The Morgan fingerprint density at radius 3 is 2.78 bits per heavy atom. The van der Waals surface area contributed by atoms with Gasteiger partial charge < -0.3 is 4.74 Å². The zero-order chi connectivity index (χ0) is 13.0. The van der Waals surface area contributed by atoms with Crippen LogP contribution in [0.4, 0.5) is 0 Å². The molecule has 1 aliphatic rings. The predicted octanol–water partition coefficient (Wildman–Crippen LogP) is 2.34. The Morgan fingerprint density at radius 2 is 2.11 bits per heavy atom. The summed E-state index contributed by atoms with van der Waals surface area (Å²) >= 11 is 0. The van der Waals surface area contributed by atoms with Gasteiger partial charge in [-0.05, 0) is 18.2 Å². The molecule has 0 spiro atoms. The molecule has 2 rings (SSSR count). The second-order valence-corrected chi connectivity index (χ2v) is 4.58. The van der Waals surface area contributed by atoms with Crippen LogP contribution in [-0.2, 0) is 9.53 Å². The number of carbonyl (C=O) groups excluding carboxylic acids is 1. The minimum Gasteiger partial charge on any atom is -0.456 e. The fraction of sp³-hybridized carbons (Fsp3) is 0.400. The van der Waals surface area contributed by atoms with E-state index in [1.807, 2.05) is 32.2 Å². The van der Waals surface area contributed by atoms with Crippen LogP contribution in [0.1, 0.15) is 18.9 Å². The van der Waals surface area contributed by atoms with Crippen molar-refractivity contribution in [1.29, 1.82) is 0 Å². The number of carbonyl (C=O) groups is 1. The molecule has 1 aliphatic heterocycles. The summed E-state index contributed by atoms with van der Waals surface area (Å²) < 4.78 is 5.53. The minimum atomic E-state index is -0.154. The molecule has 96 valence electrons. The normalized spacial score (nSPS) is 20.3. The number of likely N-dealkylation sites (N-methyl/N-ethyl adjacent to an activating group) is 1. The van der Waals surface area contributed by atoms with Gasteiger partial charge in [-0.25, -0.2) is 0 Å². The zero-order valence-electron chi connectivity index (χ0n) is 10.9. The number of nitrogens with zero attached hydrogens (tertiary/aromatic N) is 1. The lowest BCUT2D eigenvalue weighted by atomic mass is 9.97. The Hall–Kier alpha value is -1.61. The van der Waals surface area contributed by atoms with Crippen molar-refractivity contribution in [2.24, 2.45) is 0 Å². The highest BCUT2D eigenvalue weighted by Crippen LogP contribution is 2.24. The monoisotopic (exact) mass is 245 g/mol. The van der Waals surface area contributed by atoms with Crippen molar-refractivity contribution in [2.75, 3.05) is 20.1 Å². The molecule has 0 radical (unpaired) electrons. The summed E-state index contributed by atoms with van der Waals surface area (Å²) in [6.07, 6.45) is 2.41. The van der Waals surface area contributed by atoms with E-state index in [1.165, 1.54) is 0 Å². The quantitative estimate of drug-likeness (QED) is 0.765. The van der Waals surface area contributed by atoms with E-state index in [0.717, 1.165) is 24.2 Å². The SMILES string of the molecule is CCC(=O)OC1CN(C)CC=C1c1ccccc1. The number of esters is 1. The van der Waals surface area contributed by atoms with Crippen LogP contribution in [0, 0.1) is 0 Å². The van der Waals surface area contributed by atoms with E-state index in [0.29, 0.717) is 6.42 Å². The van der Waals surface area contributed by atoms with Crippen LogP contribution in [0.25, 0.3) is 5.57 Å². The molecule has 0 amide bonds. The van der Waals surface area contributed by atoms with Crippen molar-refractivity contribution in [2.45, 2.75) is 19.4 Å². The van der Waals surface area contributed by atoms with E-state index in [9.17, 15) is 4.79 Å². The Labute approximate surface area is 108 Å². The maximum Gasteiger partial charge on any atom is 0.306 e. The largest absolute Gasteiger partial charge is 0.456 e. The van der Waals surface area contributed by atoms with Gasteiger partial charge in [0, 0.05) is 19.5 Å². The van der Waals surface area contributed by atoms with Crippen molar-refractivity contribution < 1.29 is 9.53 Å². The third-order valence-electron chi connectivity index (χ3n) is 3.12. The summed E-state index contributed by atoms with van der Waals surface area (Å²) in [7, 11) is 2.03. The van der Waals surface area contributed by atoms with Gasteiger partial charge >= 0.3 is 5.97 Å². The topological polar surface area (TPSA) is 29.5 Å². The third-order valence-corrected chi connectivity index (χ3v) is 3.12. The van der Waals surface area contributed by atoms with E-state index in [2.05, 4.69) is 23.1 Å². The Balaban J connectivity index is 2.22. The Morgan fingerprint density at radius 1 is 1.39 bits per heavy atom. The highest BCUT2D eigenvalue weighted by atomic mass is 16.5. The van der Waals surface area contributed by atoms with Crippen molar-refractivity contribution in [3.63, 3.8) is 0 Å². The summed E-state index contributed by atoms with van der Waals surface area (Å²) in [5.74, 6) is -0.142. The van der Waals surface area contributed by atoms with Crippen molar-refractivity contribution in [3.05, 3.63) is 42.0 Å². The molecule has 0 bridgehead atoms. The van der Waals surface area contributed by atoms with Gasteiger partial charge in [-0.2, -0.15) is 0 Å². The second kappa shape index (κ2) is 5.83. The molecule has 0 aromatic heterocycles. The van der Waals surface area contributed by atoms with E-state index >= 15 is 0 Å². The fourth-order valence-electron chi connectivity index (χ4n) is 2.12. The number of hydrogen-bond acceptors (Lipinski definition) is 3. The number of benzene rings is 1. The van der Waals surface area contributed by atoms with Gasteiger partial charge in [0.25, 0.3) is 0 Å². The molecule has 1 aromatic carbocycles. The van der Waals surface area contributed by atoms with Gasteiger partial charge in [-0.15, -0.1) is 0 Å². The minimum absolute atomic E-state index is 0.142. The maximum absolute atomic E-state index is 11.5. The molecule has 1 unspecified atom stereocenters. The Kier molecular flexibility index (Phi) is 4.15. The first-order valence-corrected chi connectivity index (χ1v) is 6.34. The average Bonchev–Trinajstić information content (AvgIpc) is 2.40. The van der Waals surface area contributed by atoms with E-state index in [4.69, 9.17) is 4.74 Å². The number of rotatable bonds is 3. The van der Waals surface area contributed by atoms with Crippen LogP contribution < -0.4 is 0 Å². The molecule has 0 saturated carbocycles. The lowest BCUT2D eigenvalue weighted by molar-refractivity contribution is -0.146. The molecule has 3 nitrogen and oxygen atoms in total. The second-order valence-electron chi connectivity index (χ2n) is 4.58. The molecule has 0 N–H and O–H groups in total. The third kappa shape index (κ3) is 2.99. The summed E-state index contributed by atoms with van der Waals surface area (Å²) in [4.78, 5) is 13.6. The Bertz CT molecular complexity index is 439. The van der Waals surface area contributed by atoms with Crippen LogP contribution in [0.2, 0.25) is 0 Å². The standard InChI is InChI=1S/C15H19NO2/c1-3-15(17)18-14-11-16(2)10-9-13(14)12-7-5-4-6-8-12/h4-9,14H,3,10-11H2,1-2H3. The summed E-state index contributed by atoms with van der Waals surface area (Å²) in [6, 6.07) is 10.1. The molecule has 3 heteroatoms. The van der Waals surface area contributed by atoms with Crippen molar-refractivity contribution in [1.82, 2.24) is 4.90 Å². The summed E-state index contributed by atoms with van der Waals surface area (Å²) in [6.45, 7) is 3.47. The number of hydrogen-bond donors (Lipinski definition) is 0. The molecule has 0 fully saturated rings. The first-order chi connectivity index (χ1) is 8.70. The lowest BCUT2D eigenvalue weighted by Gasteiger charge is -2.30. The van der Waals surface area contributed by atoms with Crippen LogP contribution >= 0.6 is 0 Å². The van der Waals surface area contributed by atoms with Gasteiger partial charge in [-0.1, -0.05) is 43.3 Å². The van der Waals surface area contributed by atoms with Crippen molar-refractivity contribution in [3.8, 4) is 0 Å². The predicted molar refractivity (Wildman–Crippen MR) is 72.1 cm³/mol. The first-order valence-electron chi connectivity index (χ1n) is 6.34. The van der Waals surface area contributed by atoms with E-state index in [1.54, 1.807) is 0 Å². The molecule has 0 saturated heterocycles. The van der Waals surface area contributed by atoms with Crippen molar-refractivity contribution >= 4 is 11.5 Å². The zero-order valence-corrected chi connectivity index (χ0v) is 10.9. The number of ether oxygens (including phenoxy) is 1. The summed E-state index contributed by atoms with van der Waals surface area (Å²) in [5.41, 5.74) is 2.26. The molecular formula is C15H19NO2. The average molecular weight is 245 g/mol. The van der Waals surface area contributed by atoms with Crippen LogP contribution in [0.15, 0.2) is 36.4 Å². The van der Waals surface area contributed by atoms with Gasteiger partial charge in [0.1, 0.15) is 6.10 Å². The molecule has 1 aromatic rings. The molecule has 18 heavy (non-hydrogen) atoms. The maximum atomic E-state index is 11.5. The highest BCUT2D eigenvalue weighted by Gasteiger charge is 2.24. The van der Waals surface area contributed by atoms with Gasteiger partial charge in [-0.3, -0.25) is 9.69 Å². The van der Waals surface area contributed by atoms with Crippen LogP contribution in [0.5, 0.6) is 0 Å². The summed E-state index contributed by atoms with van der Waals surface area (Å²) in [5, 5.41) is 0. The molecular weight excluding hydrogens is 226 g/mol. The molecule has 0 aliphatic carbocycles. The van der Waals surface area contributed by atoms with Gasteiger partial charge in [0.15, 0.2) is 0 Å². The fourth-order valence-corrected chi connectivity index (χ4v) is 2.12.